The van der Waals surface area contributed by atoms with Gasteiger partial charge in [-0.2, -0.15) is 0 Å². The van der Waals surface area contributed by atoms with Crippen LogP contribution in [-0.2, 0) is 19.1 Å². The number of amides is 1. The molecular weight excluding hydrogens is 300 g/mol. The first kappa shape index (κ1) is 16.5. The van der Waals surface area contributed by atoms with Gasteiger partial charge >= 0.3 is 11.9 Å². The lowest BCUT2D eigenvalue weighted by molar-refractivity contribution is -0.138. The van der Waals surface area contributed by atoms with Gasteiger partial charge in [0, 0.05) is 6.04 Å². The van der Waals surface area contributed by atoms with E-state index in [1.807, 2.05) is 0 Å². The van der Waals surface area contributed by atoms with Crippen LogP contribution in [0.1, 0.15) is 23.2 Å². The van der Waals surface area contributed by atoms with Gasteiger partial charge in [-0.3, -0.25) is 4.79 Å². The average molecular weight is 318 g/mol. The van der Waals surface area contributed by atoms with E-state index in [-0.39, 0.29) is 17.6 Å². The lowest BCUT2D eigenvalue weighted by Crippen LogP contribution is -2.26. The summed E-state index contributed by atoms with van der Waals surface area (Å²) >= 11 is 0. The lowest BCUT2D eigenvalue weighted by Gasteiger charge is -2.13. The maximum atomic E-state index is 12.2. The number of hydrogen-bond acceptors (Lipinski definition) is 6. The van der Waals surface area contributed by atoms with E-state index >= 15 is 0 Å². The normalized spacial score (nSPS) is 13.9. The minimum Gasteiger partial charge on any atom is -0.466 e. The second kappa shape index (κ2) is 7.44. The van der Waals surface area contributed by atoms with Gasteiger partial charge in [-0.1, -0.05) is 12.1 Å². The fourth-order valence-electron chi connectivity index (χ4n) is 1.86. The van der Waals surface area contributed by atoms with Crippen molar-refractivity contribution in [2.45, 2.75) is 18.9 Å². The predicted molar refractivity (Wildman–Crippen MR) is 82.7 cm³/mol. The van der Waals surface area contributed by atoms with Gasteiger partial charge in [0.1, 0.15) is 5.70 Å². The average Bonchev–Trinajstić information content (AvgIpc) is 3.37. The minimum absolute atomic E-state index is 0.119. The van der Waals surface area contributed by atoms with Crippen LogP contribution in [0.25, 0.3) is 0 Å². The Bertz CT molecular complexity index is 650. The summed E-state index contributed by atoms with van der Waals surface area (Å²) in [6.07, 6.45) is 2.91. The summed E-state index contributed by atoms with van der Waals surface area (Å²) in [5.41, 5.74) is 0.649. The number of methoxy groups -OCH3 is 2. The molecule has 1 aromatic rings. The van der Waals surface area contributed by atoms with Crippen molar-refractivity contribution in [3.63, 3.8) is 0 Å². The van der Waals surface area contributed by atoms with Gasteiger partial charge in [-0.05, 0) is 25.0 Å². The number of nitrogens with one attached hydrogen (secondary N) is 2. The van der Waals surface area contributed by atoms with Crippen molar-refractivity contribution < 1.29 is 23.9 Å². The number of carbonyl (C=O) groups is 3. The van der Waals surface area contributed by atoms with E-state index in [2.05, 4.69) is 20.1 Å². The van der Waals surface area contributed by atoms with Crippen LogP contribution in [-0.4, -0.2) is 38.1 Å². The van der Waals surface area contributed by atoms with Crippen LogP contribution in [0.3, 0.4) is 0 Å². The molecule has 23 heavy (non-hydrogen) atoms. The quantitative estimate of drug-likeness (QED) is 0.605. The van der Waals surface area contributed by atoms with Crippen molar-refractivity contribution in [2.75, 3.05) is 19.5 Å². The van der Waals surface area contributed by atoms with Gasteiger partial charge < -0.3 is 20.1 Å². The second-order valence-corrected chi connectivity index (χ2v) is 4.99. The zero-order valence-corrected chi connectivity index (χ0v) is 12.9. The third kappa shape index (κ3) is 4.57. The third-order valence-corrected chi connectivity index (χ3v) is 3.22. The zero-order valence-electron chi connectivity index (χ0n) is 12.9. The van der Waals surface area contributed by atoms with Gasteiger partial charge in [0.25, 0.3) is 5.91 Å². The molecule has 1 aliphatic rings. The lowest BCUT2D eigenvalue weighted by atomic mass is 10.1. The molecule has 2 rings (SSSR count). The Labute approximate surface area is 133 Å². The smallest absolute Gasteiger partial charge is 0.354 e. The molecule has 0 bridgehead atoms. The molecule has 2 N–H and O–H groups in total. The molecule has 0 radical (unpaired) electrons. The molecule has 1 amide bonds. The van der Waals surface area contributed by atoms with Crippen molar-refractivity contribution >= 4 is 23.5 Å². The number of carbonyl (C=O) groups excluding carboxylic acids is 3. The standard InChI is InChI=1S/C16H18N2O5/c1-22-14(19)9-13(16(21)23-2)18-12-6-4-3-5-11(12)15(20)17-10-7-8-10/h3-6,9-10,18H,7-8H2,1-2H3,(H,17,20)/b13-9+. The number of para-hydroxylation sites is 1. The molecule has 1 fully saturated rings. The molecule has 0 saturated heterocycles. The summed E-state index contributed by atoms with van der Waals surface area (Å²) in [5.74, 6) is -1.69. The Balaban J connectivity index is 2.25. The van der Waals surface area contributed by atoms with Crippen LogP contribution in [0.4, 0.5) is 5.69 Å². The van der Waals surface area contributed by atoms with E-state index in [1.54, 1.807) is 24.3 Å². The molecule has 0 heterocycles. The number of hydrogen-bond donors (Lipinski definition) is 2. The highest BCUT2D eigenvalue weighted by molar-refractivity contribution is 6.03. The molecular formula is C16H18N2O5. The number of ether oxygens (including phenoxy) is 2. The van der Waals surface area contributed by atoms with E-state index in [1.165, 1.54) is 14.2 Å². The fourth-order valence-corrected chi connectivity index (χ4v) is 1.86. The van der Waals surface area contributed by atoms with Crippen molar-refractivity contribution in [3.05, 3.63) is 41.6 Å². The van der Waals surface area contributed by atoms with E-state index in [0.29, 0.717) is 11.3 Å². The molecule has 0 aliphatic heterocycles. The topological polar surface area (TPSA) is 93.7 Å². The van der Waals surface area contributed by atoms with Crippen molar-refractivity contribution in [1.82, 2.24) is 5.32 Å². The Morgan fingerprint density at radius 3 is 2.43 bits per heavy atom. The summed E-state index contributed by atoms with van der Waals surface area (Å²) in [5, 5.41) is 5.64. The first-order chi connectivity index (χ1) is 11.0. The number of anilines is 1. The SMILES string of the molecule is COC(=O)/C=C(/Nc1ccccc1C(=O)NC1CC1)C(=O)OC. The van der Waals surface area contributed by atoms with Crippen LogP contribution in [0.5, 0.6) is 0 Å². The first-order valence-electron chi connectivity index (χ1n) is 7.10. The van der Waals surface area contributed by atoms with Crippen LogP contribution >= 0.6 is 0 Å². The highest BCUT2D eigenvalue weighted by Gasteiger charge is 2.25. The molecule has 0 spiro atoms. The van der Waals surface area contributed by atoms with Crippen LogP contribution in [0, 0.1) is 0 Å². The highest BCUT2D eigenvalue weighted by Crippen LogP contribution is 2.22. The summed E-state index contributed by atoms with van der Waals surface area (Å²) in [6.45, 7) is 0. The molecule has 7 heteroatoms. The van der Waals surface area contributed by atoms with Crippen LogP contribution in [0.15, 0.2) is 36.0 Å². The maximum absolute atomic E-state index is 12.2. The molecule has 1 aromatic carbocycles. The first-order valence-corrected chi connectivity index (χ1v) is 7.10. The Kier molecular flexibility index (Phi) is 5.35. The number of benzene rings is 1. The van der Waals surface area contributed by atoms with E-state index in [4.69, 9.17) is 0 Å². The van der Waals surface area contributed by atoms with Gasteiger partial charge in [0.05, 0.1) is 31.5 Å². The summed E-state index contributed by atoms with van der Waals surface area (Å²) in [4.78, 5) is 35.4. The minimum atomic E-state index is -0.743. The van der Waals surface area contributed by atoms with Crippen molar-refractivity contribution in [3.8, 4) is 0 Å². The van der Waals surface area contributed by atoms with Crippen molar-refractivity contribution in [1.29, 1.82) is 0 Å². The van der Waals surface area contributed by atoms with E-state index in [9.17, 15) is 14.4 Å². The number of esters is 2. The largest absolute Gasteiger partial charge is 0.466 e. The second-order valence-electron chi connectivity index (χ2n) is 4.99. The highest BCUT2D eigenvalue weighted by atomic mass is 16.5. The molecule has 0 aromatic heterocycles. The Morgan fingerprint density at radius 1 is 1.13 bits per heavy atom. The molecule has 122 valence electrons. The van der Waals surface area contributed by atoms with E-state index < -0.39 is 11.9 Å². The maximum Gasteiger partial charge on any atom is 0.354 e. The fraction of sp³-hybridized carbons (Fsp3) is 0.312. The van der Waals surface area contributed by atoms with Gasteiger partial charge in [-0.25, -0.2) is 9.59 Å². The van der Waals surface area contributed by atoms with E-state index in [0.717, 1.165) is 18.9 Å². The van der Waals surface area contributed by atoms with Crippen LogP contribution < -0.4 is 10.6 Å². The monoisotopic (exact) mass is 318 g/mol. The van der Waals surface area contributed by atoms with Crippen molar-refractivity contribution in [2.24, 2.45) is 0 Å². The molecule has 0 unspecified atom stereocenters. The zero-order chi connectivity index (χ0) is 16.8. The summed E-state index contributed by atoms with van der Waals surface area (Å²) in [7, 11) is 2.39. The van der Waals surface area contributed by atoms with Gasteiger partial charge in [0.15, 0.2) is 0 Å². The molecule has 0 atom stereocenters. The van der Waals surface area contributed by atoms with Gasteiger partial charge in [-0.15, -0.1) is 0 Å². The Morgan fingerprint density at radius 2 is 1.83 bits per heavy atom. The third-order valence-electron chi connectivity index (χ3n) is 3.22. The number of rotatable bonds is 6. The molecule has 1 saturated carbocycles. The Hall–Kier alpha value is -2.83. The summed E-state index contributed by atoms with van der Waals surface area (Å²) in [6, 6.07) is 6.90. The summed E-state index contributed by atoms with van der Waals surface area (Å²) < 4.78 is 9.14. The van der Waals surface area contributed by atoms with Gasteiger partial charge in [0.2, 0.25) is 0 Å². The molecule has 1 aliphatic carbocycles. The predicted octanol–water partition coefficient (Wildman–Crippen LogP) is 1.22. The van der Waals surface area contributed by atoms with Crippen LogP contribution in [0.2, 0.25) is 0 Å². The molecule has 7 nitrogen and oxygen atoms in total.